The van der Waals surface area contributed by atoms with Gasteiger partial charge < -0.3 is 14.8 Å². The normalized spacial score (nSPS) is 11.7. The van der Waals surface area contributed by atoms with E-state index in [9.17, 15) is 14.0 Å². The highest BCUT2D eigenvalue weighted by Crippen LogP contribution is 2.21. The second-order valence-electron chi connectivity index (χ2n) is 5.05. The van der Waals surface area contributed by atoms with Crippen LogP contribution in [0.4, 0.5) is 4.39 Å². The summed E-state index contributed by atoms with van der Waals surface area (Å²) in [5, 5.41) is 6.50. The van der Waals surface area contributed by atoms with Crippen LogP contribution < -0.4 is 10.1 Å². The van der Waals surface area contributed by atoms with E-state index < -0.39 is 23.7 Å². The number of ether oxygens (including phenoxy) is 2. The van der Waals surface area contributed by atoms with Crippen LogP contribution in [0.5, 0.6) is 5.75 Å². The molecule has 0 aliphatic carbocycles. The Morgan fingerprint density at radius 3 is 2.85 bits per heavy atom. The predicted molar refractivity (Wildman–Crippen MR) is 96.0 cm³/mol. The molecule has 26 heavy (non-hydrogen) atoms. The van der Waals surface area contributed by atoms with Gasteiger partial charge in [0.1, 0.15) is 23.3 Å². The third kappa shape index (κ3) is 5.37. The summed E-state index contributed by atoms with van der Waals surface area (Å²) >= 11 is 9.71. The van der Waals surface area contributed by atoms with Gasteiger partial charge in [0, 0.05) is 18.0 Å². The highest BCUT2D eigenvalue weighted by atomic mass is 35.5. The second kappa shape index (κ2) is 9.44. The molecule has 1 aromatic carbocycles. The average Bonchev–Trinajstić information content (AvgIpc) is 3.09. The third-order valence-electron chi connectivity index (χ3n) is 3.19. The molecular formula is C16H17ClFN3O4S. The van der Waals surface area contributed by atoms with Crippen molar-refractivity contribution in [2.45, 2.75) is 19.7 Å². The zero-order chi connectivity index (χ0) is 19.1. The van der Waals surface area contributed by atoms with Crippen LogP contribution in [0, 0.1) is 5.82 Å². The Labute approximate surface area is 159 Å². The largest absolute Gasteiger partial charge is 0.471 e. The molecule has 1 atom stereocenters. The fourth-order valence-electron chi connectivity index (χ4n) is 1.92. The van der Waals surface area contributed by atoms with Gasteiger partial charge in [-0.05, 0) is 25.1 Å². The number of nitrogens with one attached hydrogen (secondary N) is 1. The van der Waals surface area contributed by atoms with Gasteiger partial charge in [-0.25, -0.2) is 13.9 Å². The number of esters is 1. The molecule has 0 spiro atoms. The Balaban J connectivity index is 1.94. The second-order valence-corrected chi connectivity index (χ2v) is 5.82. The first kappa shape index (κ1) is 20.1. The van der Waals surface area contributed by atoms with Gasteiger partial charge in [0.05, 0.1) is 11.6 Å². The van der Waals surface area contributed by atoms with Crippen LogP contribution in [0.25, 0.3) is 0 Å². The summed E-state index contributed by atoms with van der Waals surface area (Å²) in [7, 11) is 0. The highest BCUT2D eigenvalue weighted by molar-refractivity contribution is 7.80. The van der Waals surface area contributed by atoms with E-state index in [1.54, 1.807) is 6.92 Å². The molecule has 2 rings (SSSR count). The van der Waals surface area contributed by atoms with Crippen molar-refractivity contribution in [3.63, 3.8) is 0 Å². The fraction of sp³-hybridized carbons (Fsp3) is 0.312. The Morgan fingerprint density at radius 2 is 2.19 bits per heavy atom. The first-order valence-electron chi connectivity index (χ1n) is 7.64. The smallest absolute Gasteiger partial charge is 0.329 e. The topological polar surface area (TPSA) is 82.5 Å². The summed E-state index contributed by atoms with van der Waals surface area (Å²) < 4.78 is 24.8. The number of hydrogen-bond donors (Lipinski definition) is 2. The van der Waals surface area contributed by atoms with Crippen molar-refractivity contribution in [3.05, 3.63) is 47.0 Å². The van der Waals surface area contributed by atoms with E-state index in [2.05, 4.69) is 23.0 Å². The minimum absolute atomic E-state index is 0.0108. The Kier molecular flexibility index (Phi) is 7.28. The summed E-state index contributed by atoms with van der Waals surface area (Å²) in [6, 6.07) is 4.55. The van der Waals surface area contributed by atoms with Gasteiger partial charge in [-0.1, -0.05) is 11.6 Å². The maximum atomic E-state index is 13.1. The summed E-state index contributed by atoms with van der Waals surface area (Å²) in [4.78, 5) is 23.9. The number of rotatable bonds is 8. The molecule has 0 aliphatic heterocycles. The van der Waals surface area contributed by atoms with Gasteiger partial charge in [-0.2, -0.15) is 17.7 Å². The van der Waals surface area contributed by atoms with Gasteiger partial charge in [0.2, 0.25) is 0 Å². The van der Waals surface area contributed by atoms with Crippen molar-refractivity contribution in [2.24, 2.45) is 0 Å². The van der Waals surface area contributed by atoms with Crippen molar-refractivity contribution in [1.82, 2.24) is 15.1 Å². The number of carbonyl (C=O) groups is 2. The Hall–Kier alpha value is -2.26. The number of nitrogens with zero attached hydrogens (tertiary/aromatic N) is 2. The quantitative estimate of drug-likeness (QED) is 0.524. The van der Waals surface area contributed by atoms with Crippen LogP contribution in [0.15, 0.2) is 30.5 Å². The maximum Gasteiger partial charge on any atom is 0.329 e. The molecule has 7 nitrogen and oxygen atoms in total. The van der Waals surface area contributed by atoms with Crippen LogP contribution in [0.1, 0.15) is 17.4 Å². The van der Waals surface area contributed by atoms with Crippen molar-refractivity contribution in [3.8, 4) is 5.75 Å². The molecule has 2 aromatic rings. The molecule has 0 bridgehead atoms. The van der Waals surface area contributed by atoms with E-state index in [-0.39, 0.29) is 29.8 Å². The lowest BCUT2D eigenvalue weighted by molar-refractivity contribution is -0.144. The van der Waals surface area contributed by atoms with Crippen molar-refractivity contribution >= 4 is 36.1 Å². The SMILES string of the molecule is CCOC(=O)[C@H](CS)NC(=O)c1ccn(COc2ccc(F)c(Cl)c2)n1. The van der Waals surface area contributed by atoms with Crippen molar-refractivity contribution < 1.29 is 23.5 Å². The molecule has 0 saturated heterocycles. The first-order chi connectivity index (χ1) is 12.4. The first-order valence-corrected chi connectivity index (χ1v) is 8.65. The van der Waals surface area contributed by atoms with Gasteiger partial charge in [-0.3, -0.25) is 4.79 Å². The standard InChI is InChI=1S/C16H17ClFN3O4S/c1-2-24-16(23)14(8-26)19-15(22)13-5-6-21(20-13)9-25-10-3-4-12(18)11(17)7-10/h3-7,14,26H,2,8-9H2,1H3,(H,19,22)/t14-/m0/s1. The Bertz CT molecular complexity index is 787. The minimum atomic E-state index is -0.867. The molecule has 140 valence electrons. The molecule has 10 heteroatoms. The third-order valence-corrected chi connectivity index (χ3v) is 3.84. The lowest BCUT2D eigenvalue weighted by atomic mass is 10.3. The summed E-state index contributed by atoms with van der Waals surface area (Å²) in [6.07, 6.45) is 1.53. The molecule has 0 unspecified atom stereocenters. The van der Waals surface area contributed by atoms with E-state index in [1.807, 2.05) is 0 Å². The van der Waals surface area contributed by atoms with Crippen molar-refractivity contribution in [2.75, 3.05) is 12.4 Å². The van der Waals surface area contributed by atoms with E-state index >= 15 is 0 Å². The monoisotopic (exact) mass is 401 g/mol. The maximum absolute atomic E-state index is 13.1. The lowest BCUT2D eigenvalue weighted by Crippen LogP contribution is -2.43. The molecule has 0 aliphatic rings. The number of hydrogen-bond acceptors (Lipinski definition) is 6. The van der Waals surface area contributed by atoms with Gasteiger partial charge in [-0.15, -0.1) is 0 Å². The molecular weight excluding hydrogens is 385 g/mol. The highest BCUT2D eigenvalue weighted by Gasteiger charge is 2.22. The molecule has 0 radical (unpaired) electrons. The number of aromatic nitrogens is 2. The van der Waals surface area contributed by atoms with Crippen LogP contribution in [-0.2, 0) is 16.3 Å². The number of benzene rings is 1. The van der Waals surface area contributed by atoms with E-state index in [0.717, 1.165) is 0 Å². The van der Waals surface area contributed by atoms with E-state index in [1.165, 1.54) is 35.1 Å². The lowest BCUT2D eigenvalue weighted by Gasteiger charge is -2.14. The van der Waals surface area contributed by atoms with Gasteiger partial charge in [0.15, 0.2) is 6.73 Å². The number of carbonyl (C=O) groups excluding carboxylic acids is 2. The summed E-state index contributed by atoms with van der Waals surface area (Å²) in [6.45, 7) is 1.87. The number of thiol groups is 1. The molecule has 1 amide bonds. The molecule has 0 fully saturated rings. The van der Waals surface area contributed by atoms with E-state index in [0.29, 0.717) is 5.75 Å². The van der Waals surface area contributed by atoms with Gasteiger partial charge in [0.25, 0.3) is 5.91 Å². The molecule has 1 N–H and O–H groups in total. The molecule has 1 aromatic heterocycles. The predicted octanol–water partition coefficient (Wildman–Crippen LogP) is 2.30. The van der Waals surface area contributed by atoms with Crippen LogP contribution in [0.3, 0.4) is 0 Å². The average molecular weight is 402 g/mol. The van der Waals surface area contributed by atoms with Crippen LogP contribution in [-0.4, -0.2) is 40.1 Å². The fourth-order valence-corrected chi connectivity index (χ4v) is 2.33. The van der Waals surface area contributed by atoms with Crippen LogP contribution >= 0.6 is 24.2 Å². The van der Waals surface area contributed by atoms with Crippen molar-refractivity contribution in [1.29, 1.82) is 0 Å². The molecule has 0 saturated carbocycles. The van der Waals surface area contributed by atoms with E-state index in [4.69, 9.17) is 21.1 Å². The van der Waals surface area contributed by atoms with Gasteiger partial charge >= 0.3 is 5.97 Å². The number of amides is 1. The summed E-state index contributed by atoms with van der Waals surface area (Å²) in [5.41, 5.74) is 0.0989. The molecule has 1 heterocycles. The number of halogens is 2. The summed E-state index contributed by atoms with van der Waals surface area (Å²) in [5.74, 6) is -1.19. The zero-order valence-corrected chi connectivity index (χ0v) is 15.5. The zero-order valence-electron chi connectivity index (χ0n) is 13.8. The minimum Gasteiger partial charge on any atom is -0.471 e. The Morgan fingerprint density at radius 1 is 1.42 bits per heavy atom. The van der Waals surface area contributed by atoms with Crippen LogP contribution in [0.2, 0.25) is 5.02 Å².